The molecular formula is C2H12O3Si3. The van der Waals surface area contributed by atoms with Crippen LogP contribution in [0.25, 0.3) is 0 Å². The maximum Gasteiger partial charge on any atom is 0.339 e. The van der Waals surface area contributed by atoms with Crippen molar-refractivity contribution >= 4 is 29.5 Å². The molecule has 0 fully saturated rings. The Kier molecular flexibility index (Phi) is 3.77. The highest BCUT2D eigenvalue weighted by molar-refractivity contribution is 6.71. The lowest BCUT2D eigenvalue weighted by atomic mass is 11.7. The summed E-state index contributed by atoms with van der Waals surface area (Å²) in [4.78, 5) is 0. The van der Waals surface area contributed by atoms with Gasteiger partial charge in [-0.2, -0.15) is 0 Å². The molecular weight excluding hydrogens is 156 g/mol. The predicted octanol–water partition coefficient (Wildman–Crippen LogP) is -2.82. The van der Waals surface area contributed by atoms with E-state index in [9.17, 15) is 0 Å². The Hall–Kier alpha value is 0.531. The molecule has 0 aliphatic heterocycles. The van der Waals surface area contributed by atoms with Crippen molar-refractivity contribution in [2.75, 3.05) is 6.23 Å². The van der Waals surface area contributed by atoms with E-state index in [2.05, 4.69) is 0 Å². The molecule has 0 unspecified atom stereocenters. The van der Waals surface area contributed by atoms with E-state index in [1.165, 1.54) is 0 Å². The fraction of sp³-hybridized carbons (Fsp3) is 1.00. The third kappa shape index (κ3) is 2.20. The molecule has 0 amide bonds. The van der Waals surface area contributed by atoms with Crippen LogP contribution < -0.4 is 0 Å². The molecule has 6 heteroatoms. The summed E-state index contributed by atoms with van der Waals surface area (Å²) in [7, 11) is -0.662. The zero-order valence-corrected chi connectivity index (χ0v) is 10.5. The monoisotopic (exact) mass is 168 g/mol. The van der Waals surface area contributed by atoms with Crippen molar-refractivity contribution in [1.29, 1.82) is 0 Å². The van der Waals surface area contributed by atoms with E-state index in [1.807, 2.05) is 6.55 Å². The minimum absolute atomic E-state index is 0.0833. The summed E-state index contributed by atoms with van der Waals surface area (Å²) in [5.74, 6) is 0. The molecule has 8 heavy (non-hydrogen) atoms. The molecule has 1 N–H and O–H groups in total. The van der Waals surface area contributed by atoms with Crippen LogP contribution in [0.2, 0.25) is 6.55 Å². The van der Waals surface area contributed by atoms with Crippen molar-refractivity contribution in [3.63, 3.8) is 0 Å². The molecule has 0 spiro atoms. The number of aliphatic hydroxyl groups excluding tert-OH is 1. The molecule has 50 valence electrons. The van der Waals surface area contributed by atoms with E-state index in [4.69, 9.17) is 13.3 Å². The molecule has 0 aliphatic carbocycles. The predicted molar refractivity (Wildman–Crippen MR) is 40.8 cm³/mol. The molecule has 0 aromatic heterocycles. The van der Waals surface area contributed by atoms with Crippen LogP contribution in [0.3, 0.4) is 0 Å². The molecule has 0 heterocycles. The largest absolute Gasteiger partial charge is 0.444 e. The van der Waals surface area contributed by atoms with Gasteiger partial charge in [-0.05, 0) is 6.55 Å². The van der Waals surface area contributed by atoms with Crippen LogP contribution in [0, 0.1) is 0 Å². The molecule has 0 aliphatic rings. The Morgan fingerprint density at radius 3 is 1.88 bits per heavy atom. The van der Waals surface area contributed by atoms with Gasteiger partial charge in [0, 0.05) is 0 Å². The average molecular weight is 168 g/mol. The van der Waals surface area contributed by atoms with Crippen molar-refractivity contribution in [3.8, 4) is 0 Å². The SMILES string of the molecule is C[Si](CO)(O[SiH3])O[SiH3]. The highest BCUT2D eigenvalue weighted by Gasteiger charge is 2.25. The maximum atomic E-state index is 8.64. The Morgan fingerprint density at radius 2 is 1.88 bits per heavy atom. The quantitative estimate of drug-likeness (QED) is 0.462. The highest BCUT2D eigenvalue weighted by Crippen LogP contribution is 1.99. The van der Waals surface area contributed by atoms with Crippen molar-refractivity contribution in [2.45, 2.75) is 6.55 Å². The molecule has 0 radical (unpaired) electrons. The zero-order chi connectivity index (χ0) is 6.62. The van der Waals surface area contributed by atoms with Gasteiger partial charge in [0.2, 0.25) is 0 Å². The van der Waals surface area contributed by atoms with E-state index in [0.29, 0.717) is 21.0 Å². The lowest BCUT2D eigenvalue weighted by Crippen LogP contribution is -2.41. The number of rotatable bonds is 3. The van der Waals surface area contributed by atoms with Gasteiger partial charge in [0.05, 0.1) is 6.23 Å². The number of hydrogen-bond donors (Lipinski definition) is 1. The van der Waals surface area contributed by atoms with E-state index in [0.717, 1.165) is 0 Å². The summed E-state index contributed by atoms with van der Waals surface area (Å²) in [5.41, 5.74) is 0. The van der Waals surface area contributed by atoms with Gasteiger partial charge in [-0.3, -0.25) is 0 Å². The summed E-state index contributed by atoms with van der Waals surface area (Å²) in [5, 5.41) is 8.64. The van der Waals surface area contributed by atoms with Gasteiger partial charge in [0.1, 0.15) is 21.0 Å². The minimum atomic E-state index is -1.99. The standard InChI is InChI=1S/C2H12O3Si3/c1-8(2-3,4-6)5-7/h3H,2H2,1,6-7H3. The van der Waals surface area contributed by atoms with Crippen LogP contribution in [0.4, 0.5) is 0 Å². The smallest absolute Gasteiger partial charge is 0.339 e. The van der Waals surface area contributed by atoms with Crippen molar-refractivity contribution in [1.82, 2.24) is 0 Å². The van der Waals surface area contributed by atoms with Gasteiger partial charge in [-0.1, -0.05) is 0 Å². The molecule has 0 bridgehead atoms. The first-order valence-electron chi connectivity index (χ1n) is 2.39. The number of aliphatic hydroxyl groups is 1. The molecule has 0 saturated heterocycles. The normalized spacial score (nSPS) is 18.8. The average Bonchev–Trinajstić information content (AvgIpc) is 1.87. The first kappa shape index (κ1) is 8.53. The minimum Gasteiger partial charge on any atom is -0.444 e. The molecule has 0 aromatic carbocycles. The Labute approximate surface area is 56.3 Å². The van der Waals surface area contributed by atoms with Gasteiger partial charge in [-0.15, -0.1) is 0 Å². The number of hydrogen-bond acceptors (Lipinski definition) is 3. The summed E-state index contributed by atoms with van der Waals surface area (Å²) >= 11 is 0. The summed E-state index contributed by atoms with van der Waals surface area (Å²) in [6, 6.07) is 0. The van der Waals surface area contributed by atoms with E-state index in [1.54, 1.807) is 0 Å². The van der Waals surface area contributed by atoms with Crippen LogP contribution in [-0.2, 0) is 8.23 Å². The lowest BCUT2D eigenvalue weighted by Gasteiger charge is -2.20. The van der Waals surface area contributed by atoms with Gasteiger partial charge in [-0.25, -0.2) is 0 Å². The summed E-state index contributed by atoms with van der Waals surface area (Å²) in [6.07, 6.45) is 0.0833. The molecule has 3 nitrogen and oxygen atoms in total. The van der Waals surface area contributed by atoms with Crippen molar-refractivity contribution in [2.24, 2.45) is 0 Å². The van der Waals surface area contributed by atoms with Gasteiger partial charge in [0.15, 0.2) is 0 Å². The van der Waals surface area contributed by atoms with Gasteiger partial charge < -0.3 is 13.3 Å². The second kappa shape index (κ2) is 3.54. The zero-order valence-electron chi connectivity index (χ0n) is 5.47. The first-order chi connectivity index (χ1) is 3.68. The fourth-order valence-corrected chi connectivity index (χ4v) is 3.41. The van der Waals surface area contributed by atoms with Gasteiger partial charge >= 0.3 is 8.56 Å². The third-order valence-corrected chi connectivity index (χ3v) is 8.63. The Bertz CT molecular complexity index is 55.3. The molecule has 0 aromatic rings. The third-order valence-electron chi connectivity index (χ3n) is 1.15. The topological polar surface area (TPSA) is 38.7 Å². The van der Waals surface area contributed by atoms with Crippen LogP contribution in [0.5, 0.6) is 0 Å². The van der Waals surface area contributed by atoms with E-state index < -0.39 is 8.56 Å². The van der Waals surface area contributed by atoms with E-state index >= 15 is 0 Å². The van der Waals surface area contributed by atoms with Crippen LogP contribution in [-0.4, -0.2) is 40.9 Å². The Balaban J connectivity index is 3.58. The van der Waals surface area contributed by atoms with Crippen LogP contribution in [0.1, 0.15) is 0 Å². The van der Waals surface area contributed by atoms with Crippen molar-refractivity contribution in [3.05, 3.63) is 0 Å². The first-order valence-corrected chi connectivity index (χ1v) is 6.55. The lowest BCUT2D eigenvalue weighted by molar-refractivity contribution is 0.294. The van der Waals surface area contributed by atoms with Crippen LogP contribution >= 0.6 is 0 Å². The molecule has 0 saturated carbocycles. The Morgan fingerprint density at radius 1 is 1.50 bits per heavy atom. The summed E-state index contributed by atoms with van der Waals surface area (Å²) in [6.45, 7) is 1.87. The fourth-order valence-electron chi connectivity index (χ4n) is 0.212. The second-order valence-electron chi connectivity index (χ2n) is 1.70. The second-order valence-corrected chi connectivity index (χ2v) is 7.55. The van der Waals surface area contributed by atoms with Crippen LogP contribution in [0.15, 0.2) is 0 Å². The molecule has 0 atom stereocenters. The molecule has 0 rings (SSSR count). The van der Waals surface area contributed by atoms with E-state index in [-0.39, 0.29) is 6.23 Å². The summed E-state index contributed by atoms with van der Waals surface area (Å²) < 4.78 is 10.2. The van der Waals surface area contributed by atoms with Gasteiger partial charge in [0.25, 0.3) is 0 Å². The highest BCUT2D eigenvalue weighted by atomic mass is 28.4. The van der Waals surface area contributed by atoms with Crippen molar-refractivity contribution < 1.29 is 13.3 Å². The maximum absolute atomic E-state index is 8.64.